The lowest BCUT2D eigenvalue weighted by atomic mass is 10.0. The van der Waals surface area contributed by atoms with Crippen molar-refractivity contribution in [1.82, 2.24) is 20.8 Å². The number of ketones is 1. The fraction of sp³-hybridized carbons (Fsp3) is 0.833. The van der Waals surface area contributed by atoms with Crippen LogP contribution in [0, 0.1) is 0 Å². The molecule has 236 valence electrons. The van der Waals surface area contributed by atoms with Crippen LogP contribution in [0.3, 0.4) is 0 Å². The van der Waals surface area contributed by atoms with Crippen LogP contribution in [0.5, 0.6) is 0 Å². The molecule has 1 saturated heterocycles. The maximum Gasteiger partial charge on any atom is 0.246 e. The van der Waals surface area contributed by atoms with Crippen LogP contribution >= 0.6 is 0 Å². The Balaban J connectivity index is 2.38. The van der Waals surface area contributed by atoms with Crippen molar-refractivity contribution in [3.8, 4) is 0 Å². The first-order chi connectivity index (χ1) is 19.8. The van der Waals surface area contributed by atoms with Crippen LogP contribution in [-0.4, -0.2) is 76.1 Å². The molecule has 1 aliphatic heterocycles. The van der Waals surface area contributed by atoms with Crippen molar-refractivity contribution >= 4 is 29.4 Å². The van der Waals surface area contributed by atoms with Crippen LogP contribution in [-0.2, 0) is 24.0 Å². The predicted molar refractivity (Wildman–Crippen MR) is 155 cm³/mol. The van der Waals surface area contributed by atoms with Gasteiger partial charge in [0, 0.05) is 51.9 Å². The number of hydrogen-bond acceptors (Lipinski definition) is 7. The van der Waals surface area contributed by atoms with Gasteiger partial charge in [0.2, 0.25) is 23.6 Å². The molecular formula is C30H54N4O7. The van der Waals surface area contributed by atoms with Gasteiger partial charge in [-0.15, -0.1) is 0 Å². The molecule has 0 radical (unpaired) electrons. The summed E-state index contributed by atoms with van der Waals surface area (Å²) in [5.41, 5.74) is 0. The molecule has 1 fully saturated rings. The zero-order valence-electron chi connectivity index (χ0n) is 25.0. The van der Waals surface area contributed by atoms with Crippen molar-refractivity contribution in [2.75, 3.05) is 26.2 Å². The van der Waals surface area contributed by atoms with Gasteiger partial charge in [0.05, 0.1) is 6.42 Å². The quantitative estimate of drug-likeness (QED) is 0.243. The largest absolute Gasteiger partial charge is 0.356 e. The third-order valence-electron chi connectivity index (χ3n) is 7.33. The maximum absolute atomic E-state index is 12.1. The summed E-state index contributed by atoms with van der Waals surface area (Å²) in [6.07, 6.45) is 14.9. The third kappa shape index (κ3) is 20.9. The second-order valence-electron chi connectivity index (χ2n) is 11.1. The van der Waals surface area contributed by atoms with Gasteiger partial charge in [-0.05, 0) is 51.4 Å². The molecule has 1 rings (SSSR count). The van der Waals surface area contributed by atoms with Crippen LogP contribution in [0.1, 0.15) is 135 Å². The highest BCUT2D eigenvalue weighted by Gasteiger charge is 2.14. The van der Waals surface area contributed by atoms with Gasteiger partial charge in [-0.2, -0.15) is 0 Å². The Bertz CT molecular complexity index is 778. The molecule has 4 amide bonds. The Morgan fingerprint density at radius 1 is 0.439 bits per heavy atom. The van der Waals surface area contributed by atoms with E-state index in [1.165, 1.54) is 0 Å². The van der Waals surface area contributed by atoms with Crippen molar-refractivity contribution in [3.05, 3.63) is 0 Å². The highest BCUT2D eigenvalue weighted by atomic mass is 16.5. The summed E-state index contributed by atoms with van der Waals surface area (Å²) < 4.78 is 0. The summed E-state index contributed by atoms with van der Waals surface area (Å²) in [4.78, 5) is 60.1. The highest BCUT2D eigenvalue weighted by Crippen LogP contribution is 2.13. The number of amides is 4. The molecule has 4 N–H and O–H groups in total. The molecule has 0 aromatic rings. The maximum atomic E-state index is 12.1. The van der Waals surface area contributed by atoms with Gasteiger partial charge in [0.1, 0.15) is 5.78 Å². The normalized spacial score (nSPS) is 22.0. The number of hydrogen-bond donors (Lipinski definition) is 4. The highest BCUT2D eigenvalue weighted by molar-refractivity contribution is 5.97. The van der Waals surface area contributed by atoms with Crippen LogP contribution in [0.15, 0.2) is 0 Å². The van der Waals surface area contributed by atoms with E-state index in [4.69, 9.17) is 0 Å². The van der Waals surface area contributed by atoms with Crippen molar-refractivity contribution in [3.63, 3.8) is 0 Å². The Labute approximate surface area is 245 Å². The summed E-state index contributed by atoms with van der Waals surface area (Å²) in [6.45, 7) is 1.32. The first kappa shape index (κ1) is 36.5. The summed E-state index contributed by atoms with van der Waals surface area (Å²) in [6, 6.07) is 0. The van der Waals surface area contributed by atoms with Gasteiger partial charge < -0.3 is 10.6 Å². The van der Waals surface area contributed by atoms with E-state index in [1.807, 2.05) is 0 Å². The number of rotatable bonds is 0. The molecule has 0 aromatic heterocycles. The molecule has 0 saturated carbocycles. The molecule has 41 heavy (non-hydrogen) atoms. The number of carbonyl (C=O) groups excluding carboxylic acids is 5. The van der Waals surface area contributed by atoms with Crippen molar-refractivity contribution < 1.29 is 34.4 Å². The van der Waals surface area contributed by atoms with E-state index in [0.717, 1.165) is 75.7 Å². The van der Waals surface area contributed by atoms with Gasteiger partial charge in [0.25, 0.3) is 0 Å². The third-order valence-corrected chi connectivity index (χ3v) is 7.33. The number of nitrogens with zero attached hydrogens (tertiary/aromatic N) is 2. The fourth-order valence-corrected chi connectivity index (χ4v) is 4.74. The number of nitrogens with one attached hydrogen (secondary N) is 2. The average molecular weight is 583 g/mol. The van der Waals surface area contributed by atoms with E-state index < -0.39 is 5.91 Å². The van der Waals surface area contributed by atoms with Crippen LogP contribution < -0.4 is 10.6 Å². The van der Waals surface area contributed by atoms with E-state index >= 15 is 0 Å². The number of carbonyl (C=O) groups is 5. The predicted octanol–water partition coefficient (Wildman–Crippen LogP) is 4.43. The standard InChI is InChI=1S/C30H54N4O7/c35-26-17-11-7-5-3-1-2-4-6-8-12-18-29(38)33(40)23-15-9-13-21-31-27(36)19-20-30(39)34(41)24-16-10-14-22-32-28(37)25-26/h40-41H,1-25H2,(H,31,36)(H,32,37). The van der Waals surface area contributed by atoms with E-state index in [9.17, 15) is 34.4 Å². The first-order valence-electron chi connectivity index (χ1n) is 15.8. The summed E-state index contributed by atoms with van der Waals surface area (Å²) >= 11 is 0. The minimum atomic E-state index is -0.517. The van der Waals surface area contributed by atoms with E-state index in [1.54, 1.807) is 0 Å². The number of hydroxylamine groups is 4. The monoisotopic (exact) mass is 582 g/mol. The average Bonchev–Trinajstić information content (AvgIpc) is 2.94. The van der Waals surface area contributed by atoms with Gasteiger partial charge in [-0.25, -0.2) is 10.1 Å². The van der Waals surface area contributed by atoms with Crippen molar-refractivity contribution in [2.24, 2.45) is 0 Å². The smallest absolute Gasteiger partial charge is 0.246 e. The molecule has 1 aliphatic rings. The van der Waals surface area contributed by atoms with Gasteiger partial charge >= 0.3 is 0 Å². The van der Waals surface area contributed by atoms with Gasteiger partial charge in [-0.1, -0.05) is 51.4 Å². The number of Topliss-reactive ketones (excluding diaryl/α,β-unsaturated/α-hetero) is 1. The first-order valence-corrected chi connectivity index (χ1v) is 15.8. The topological polar surface area (TPSA) is 156 Å². The van der Waals surface area contributed by atoms with Crippen LogP contribution in [0.2, 0.25) is 0 Å². The van der Waals surface area contributed by atoms with Crippen LogP contribution in [0.25, 0.3) is 0 Å². The van der Waals surface area contributed by atoms with E-state index in [2.05, 4.69) is 10.6 Å². The molecule has 0 aliphatic carbocycles. The summed E-state index contributed by atoms with van der Waals surface area (Å²) in [5.74, 6) is -1.33. The zero-order valence-corrected chi connectivity index (χ0v) is 25.0. The van der Waals surface area contributed by atoms with Crippen molar-refractivity contribution in [1.29, 1.82) is 0 Å². The minimum absolute atomic E-state index is 0.0143. The second kappa shape index (κ2) is 24.1. The molecule has 0 unspecified atom stereocenters. The molecule has 0 spiro atoms. The Morgan fingerprint density at radius 2 is 0.854 bits per heavy atom. The molecule has 0 atom stereocenters. The molecule has 0 aromatic carbocycles. The molecule has 1 heterocycles. The fourth-order valence-electron chi connectivity index (χ4n) is 4.74. The Morgan fingerprint density at radius 3 is 1.39 bits per heavy atom. The molecular weight excluding hydrogens is 528 g/mol. The van der Waals surface area contributed by atoms with Gasteiger partial charge in [0.15, 0.2) is 0 Å². The Kier molecular flexibility index (Phi) is 21.5. The summed E-state index contributed by atoms with van der Waals surface area (Å²) in [5, 5.41) is 26.8. The summed E-state index contributed by atoms with van der Waals surface area (Å²) in [7, 11) is 0. The lowest BCUT2D eigenvalue weighted by Gasteiger charge is -2.15. The SMILES string of the molecule is O=C1CCCCCCCCCCCCC(=O)N(O)CCCCCNC(=O)CCC(=O)N(O)CCCCCNC(=O)C1. The Hall–Kier alpha value is -2.53. The molecule has 11 nitrogen and oxygen atoms in total. The lowest BCUT2D eigenvalue weighted by molar-refractivity contribution is -0.166. The zero-order chi connectivity index (χ0) is 30.1. The van der Waals surface area contributed by atoms with Gasteiger partial charge in [-0.3, -0.25) is 34.4 Å². The lowest BCUT2D eigenvalue weighted by Crippen LogP contribution is -2.31. The van der Waals surface area contributed by atoms with E-state index in [-0.39, 0.29) is 55.9 Å². The van der Waals surface area contributed by atoms with E-state index in [0.29, 0.717) is 63.1 Å². The van der Waals surface area contributed by atoms with Crippen molar-refractivity contribution in [2.45, 2.75) is 135 Å². The molecule has 11 heteroatoms. The minimum Gasteiger partial charge on any atom is -0.356 e. The van der Waals surface area contributed by atoms with Crippen LogP contribution in [0.4, 0.5) is 0 Å². The molecule has 0 bridgehead atoms. The second-order valence-corrected chi connectivity index (χ2v) is 11.1.